The molecule has 0 aliphatic heterocycles. The molecule has 0 aliphatic rings. The summed E-state index contributed by atoms with van der Waals surface area (Å²) in [5.74, 6) is -3.08. The van der Waals surface area contributed by atoms with Crippen molar-refractivity contribution in [2.75, 3.05) is 0 Å². The minimum atomic E-state index is -0.976. The summed E-state index contributed by atoms with van der Waals surface area (Å²) in [5, 5.41) is 68.8. The molecule has 0 aromatic heterocycles. The fourth-order valence-corrected chi connectivity index (χ4v) is 8.36. The monoisotopic (exact) mass is 1700 g/mol. The van der Waals surface area contributed by atoms with Gasteiger partial charge in [-0.3, -0.25) is 0 Å². The minimum Gasteiger partial charge on any atom is -0.479 e. The molecule has 8 rings (SSSR count). The van der Waals surface area contributed by atoms with E-state index in [2.05, 4.69) is 63.7 Å². The van der Waals surface area contributed by atoms with Gasteiger partial charge in [0.2, 0.25) is 0 Å². The lowest BCUT2D eigenvalue weighted by Crippen LogP contribution is -2.23. The average molecular weight is 1700 g/mol. The van der Waals surface area contributed by atoms with Crippen molar-refractivity contribution in [3.8, 4) is 46.0 Å². The molecule has 0 heterocycles. The number of aliphatic carboxylic acids is 8. The summed E-state index contributed by atoms with van der Waals surface area (Å²) in [6.07, 6.45) is -6.56. The Morgan fingerprint density at radius 2 is 0.317 bits per heavy atom. The largest absolute Gasteiger partial charge is 0.479 e. The summed E-state index contributed by atoms with van der Waals surface area (Å²) in [6.45, 7) is 19.5. The summed E-state index contributed by atoms with van der Waals surface area (Å²) in [7, 11) is 0. The van der Waals surface area contributed by atoms with Crippen LogP contribution in [0.15, 0.2) is 212 Å². The second-order valence-electron chi connectivity index (χ2n) is 21.6. The molecule has 0 saturated carbocycles. The molecule has 28 heteroatoms. The molecule has 24 nitrogen and oxygen atoms in total. The number of ether oxygens (including phenoxy) is 8. The van der Waals surface area contributed by atoms with Crippen molar-refractivity contribution in [2.24, 2.45) is 0 Å². The van der Waals surface area contributed by atoms with Gasteiger partial charge in [0, 0.05) is 0 Å². The molecular formula is C76H84Br4O24. The molecule has 0 saturated heterocycles. The molecule has 8 atom stereocenters. The number of carboxylic acid groups (broad SMARTS) is 8. The Bertz CT molecular complexity index is 3240. The third-order valence-electron chi connectivity index (χ3n) is 12.9. The van der Waals surface area contributed by atoms with E-state index in [1.807, 2.05) is 125 Å². The lowest BCUT2D eigenvalue weighted by molar-refractivity contribution is -0.145. The topological polar surface area (TPSA) is 372 Å². The molecule has 8 N–H and O–H groups in total. The molecule has 8 aromatic rings. The van der Waals surface area contributed by atoms with Crippen LogP contribution in [0.2, 0.25) is 0 Å². The maximum atomic E-state index is 10.5. The van der Waals surface area contributed by atoms with Crippen molar-refractivity contribution < 1.29 is 117 Å². The van der Waals surface area contributed by atoms with E-state index >= 15 is 0 Å². The third kappa shape index (κ3) is 37.7. The van der Waals surface area contributed by atoms with E-state index < -0.39 is 96.6 Å². The van der Waals surface area contributed by atoms with Gasteiger partial charge in [0.15, 0.2) is 48.8 Å². The molecule has 0 bridgehead atoms. The second kappa shape index (κ2) is 49.4. The summed E-state index contributed by atoms with van der Waals surface area (Å²) in [6, 6.07) is 57.9. The minimum absolute atomic E-state index is 0.539. The second-order valence-corrected chi connectivity index (χ2v) is 25.0. The fourth-order valence-electron chi connectivity index (χ4n) is 6.84. The number of carboxylic acids is 8. The van der Waals surface area contributed by atoms with Crippen molar-refractivity contribution in [1.82, 2.24) is 0 Å². The summed E-state index contributed by atoms with van der Waals surface area (Å²) in [4.78, 5) is 83.9. The Balaban J connectivity index is 0.000000594. The first kappa shape index (κ1) is 91.9. The smallest absolute Gasteiger partial charge is 0.344 e. The molecule has 0 amide bonds. The third-order valence-corrected chi connectivity index (χ3v) is 15.6. The molecule has 8 aromatic carbocycles. The Hall–Kier alpha value is -10.2. The van der Waals surface area contributed by atoms with Crippen molar-refractivity contribution in [2.45, 2.75) is 132 Å². The lowest BCUT2D eigenvalue weighted by atomic mass is 10.2. The molecule has 0 aliphatic carbocycles. The highest BCUT2D eigenvalue weighted by Gasteiger charge is 2.19. The van der Waals surface area contributed by atoms with Gasteiger partial charge in [-0.1, -0.05) is 121 Å². The standard InChI is InChI=1S/4C10H12O3.4C9H9BrO3/c4*1-7-5-3-4-6-9(7)13-8(2)10(11)12;4*1-6(9(11)12)13-8-5-3-2-4-7(8)10/h4*3-6,8H,1-2H3,(H,11,12);4*2-6H,1H3,(H,11,12)/t4*8-;4*6-/m00001111/s1. The predicted molar refractivity (Wildman–Crippen MR) is 403 cm³/mol. The zero-order valence-corrected chi connectivity index (χ0v) is 65.1. The predicted octanol–water partition coefficient (Wildman–Crippen LogP) is 16.6. The highest BCUT2D eigenvalue weighted by atomic mass is 79.9. The number of hydrogen-bond donors (Lipinski definition) is 8. The van der Waals surface area contributed by atoms with E-state index in [0.717, 1.165) is 40.1 Å². The number of hydrogen-bond acceptors (Lipinski definition) is 16. The van der Waals surface area contributed by atoms with Gasteiger partial charge in [-0.15, -0.1) is 0 Å². The van der Waals surface area contributed by atoms with Crippen LogP contribution in [0.3, 0.4) is 0 Å². The van der Waals surface area contributed by atoms with Crippen molar-refractivity contribution in [1.29, 1.82) is 0 Å². The van der Waals surface area contributed by atoms with Gasteiger partial charge in [-0.25, -0.2) is 38.4 Å². The summed E-state index contributed by atoms with van der Waals surface area (Å²) < 4.78 is 44.5. The van der Waals surface area contributed by atoms with Crippen LogP contribution in [0.4, 0.5) is 0 Å². The Morgan fingerprint density at radius 3 is 0.433 bits per heavy atom. The number of benzene rings is 8. The van der Waals surface area contributed by atoms with Crippen molar-refractivity contribution >= 4 is 111 Å². The van der Waals surface area contributed by atoms with Crippen LogP contribution in [-0.2, 0) is 38.4 Å². The molecular weight excluding hydrogens is 1620 g/mol. The maximum absolute atomic E-state index is 10.5. The number of carbonyl (C=O) groups is 8. The number of para-hydroxylation sites is 8. The van der Waals surface area contributed by atoms with E-state index in [0.29, 0.717) is 46.0 Å². The van der Waals surface area contributed by atoms with Crippen molar-refractivity contribution in [3.63, 3.8) is 0 Å². The SMILES string of the molecule is C[C@@H](Oc1ccccc1Br)C(=O)O.C[C@@H](Oc1ccccc1Br)C(=O)O.C[C@@H](Oc1ccccc1Br)C(=O)O.C[C@@H](Oc1ccccc1Br)C(=O)O.Cc1ccccc1O[C@@H](C)C(=O)O.Cc1ccccc1O[C@@H](C)C(=O)O.Cc1ccccc1O[C@@H](C)C(=O)O.Cc1ccccc1O[C@@H](C)C(=O)O. The van der Waals surface area contributed by atoms with Crippen LogP contribution in [0, 0.1) is 27.7 Å². The maximum Gasteiger partial charge on any atom is 0.344 e. The van der Waals surface area contributed by atoms with E-state index in [9.17, 15) is 38.4 Å². The van der Waals surface area contributed by atoms with E-state index in [1.54, 1.807) is 97.1 Å². The van der Waals surface area contributed by atoms with E-state index in [-0.39, 0.29) is 0 Å². The zero-order valence-electron chi connectivity index (χ0n) is 58.7. The first-order valence-electron chi connectivity index (χ1n) is 31.2. The van der Waals surface area contributed by atoms with Crippen LogP contribution in [0.5, 0.6) is 46.0 Å². The van der Waals surface area contributed by atoms with E-state index in [1.165, 1.54) is 55.4 Å². The van der Waals surface area contributed by atoms with Gasteiger partial charge in [0.1, 0.15) is 46.0 Å². The molecule has 0 spiro atoms. The average Bonchev–Trinajstić information content (AvgIpc) is 0.960. The van der Waals surface area contributed by atoms with Gasteiger partial charge in [-0.05, 0) is 242 Å². The van der Waals surface area contributed by atoms with Gasteiger partial charge in [-0.2, -0.15) is 0 Å². The zero-order chi connectivity index (χ0) is 78.8. The highest BCUT2D eigenvalue weighted by molar-refractivity contribution is 9.11. The Labute approximate surface area is 636 Å². The van der Waals surface area contributed by atoms with E-state index in [4.69, 9.17) is 78.7 Å². The van der Waals surface area contributed by atoms with Gasteiger partial charge in [0.25, 0.3) is 0 Å². The molecule has 0 unspecified atom stereocenters. The Morgan fingerprint density at radius 1 is 0.212 bits per heavy atom. The molecule has 0 radical (unpaired) electrons. The number of halogens is 4. The summed E-state index contributed by atoms with van der Waals surface area (Å²) in [5.41, 5.74) is 3.76. The number of aryl methyl sites for hydroxylation is 4. The lowest BCUT2D eigenvalue weighted by Gasteiger charge is -2.11. The van der Waals surface area contributed by atoms with Crippen LogP contribution in [-0.4, -0.2) is 137 Å². The molecule has 560 valence electrons. The molecule has 0 fully saturated rings. The normalized spacial score (nSPS) is 12.2. The van der Waals surface area contributed by atoms with Gasteiger partial charge >= 0.3 is 47.8 Å². The van der Waals surface area contributed by atoms with Crippen LogP contribution in [0.25, 0.3) is 0 Å². The molecule has 104 heavy (non-hydrogen) atoms. The van der Waals surface area contributed by atoms with Gasteiger partial charge in [0.05, 0.1) is 17.9 Å². The Kier molecular flexibility index (Phi) is 43.7. The van der Waals surface area contributed by atoms with Gasteiger partial charge < -0.3 is 78.7 Å². The first-order valence-corrected chi connectivity index (χ1v) is 34.4. The quantitative estimate of drug-likeness (QED) is 0.0278. The first-order chi connectivity index (χ1) is 48.9. The highest BCUT2D eigenvalue weighted by Crippen LogP contribution is 2.29. The van der Waals surface area contributed by atoms with Crippen molar-refractivity contribution in [3.05, 3.63) is 234 Å². The van der Waals surface area contributed by atoms with Crippen LogP contribution in [0.1, 0.15) is 77.6 Å². The van der Waals surface area contributed by atoms with Crippen LogP contribution >= 0.6 is 63.7 Å². The summed E-state index contributed by atoms with van der Waals surface area (Å²) >= 11 is 13.0. The number of rotatable bonds is 24. The van der Waals surface area contributed by atoms with Crippen LogP contribution < -0.4 is 37.9 Å². The fraction of sp³-hybridized carbons (Fsp3) is 0.263.